The molecule has 1 aliphatic rings. The van der Waals surface area contributed by atoms with E-state index in [1.54, 1.807) is 6.07 Å². The minimum Gasteiger partial charge on any atom is -0.342 e. The molecule has 1 aromatic carbocycles. The highest BCUT2D eigenvalue weighted by atomic mass is 35.5. The van der Waals surface area contributed by atoms with Crippen LogP contribution in [0.4, 0.5) is 4.39 Å². The predicted octanol–water partition coefficient (Wildman–Crippen LogP) is 2.31. The van der Waals surface area contributed by atoms with Crippen LogP contribution < -0.4 is 5.32 Å². The Hall–Kier alpha value is -1.13. The molecule has 112 valence electrons. The molecule has 2 rings (SSSR count). The van der Waals surface area contributed by atoms with E-state index in [0.717, 1.165) is 37.1 Å². The highest BCUT2D eigenvalue weighted by molar-refractivity contribution is 5.85. The summed E-state index contributed by atoms with van der Waals surface area (Å²) in [4.78, 5) is 14.1. The Bertz CT molecular complexity index is 459. The van der Waals surface area contributed by atoms with Gasteiger partial charge >= 0.3 is 0 Å². The smallest absolute Gasteiger partial charge is 0.227 e. The Morgan fingerprint density at radius 3 is 2.65 bits per heavy atom. The number of hydrogen-bond donors (Lipinski definition) is 1. The molecule has 20 heavy (non-hydrogen) atoms. The van der Waals surface area contributed by atoms with Gasteiger partial charge in [-0.1, -0.05) is 6.07 Å². The molecule has 0 aliphatic carbocycles. The molecule has 0 unspecified atom stereocenters. The van der Waals surface area contributed by atoms with E-state index in [-0.39, 0.29) is 24.1 Å². The summed E-state index contributed by atoms with van der Waals surface area (Å²) in [5, 5.41) is 3.24. The van der Waals surface area contributed by atoms with E-state index < -0.39 is 0 Å². The van der Waals surface area contributed by atoms with Crippen LogP contribution in [0.25, 0.3) is 0 Å². The SMILES string of the molecule is CNC1CCN(C(=O)Cc2cc(F)ccc2C)CC1.Cl. The van der Waals surface area contributed by atoms with Crippen molar-refractivity contribution >= 4 is 18.3 Å². The normalized spacial score (nSPS) is 15.8. The molecule has 0 spiro atoms. The van der Waals surface area contributed by atoms with Crippen LogP contribution in [0.3, 0.4) is 0 Å². The first kappa shape index (κ1) is 16.9. The van der Waals surface area contributed by atoms with E-state index >= 15 is 0 Å². The number of nitrogens with zero attached hydrogens (tertiary/aromatic N) is 1. The number of halogens is 2. The number of carbonyl (C=O) groups excluding carboxylic acids is 1. The van der Waals surface area contributed by atoms with Crippen LogP contribution in [0.1, 0.15) is 24.0 Å². The highest BCUT2D eigenvalue weighted by Gasteiger charge is 2.22. The lowest BCUT2D eigenvalue weighted by atomic mass is 10.0. The number of benzene rings is 1. The summed E-state index contributed by atoms with van der Waals surface area (Å²) in [6.07, 6.45) is 2.28. The van der Waals surface area contributed by atoms with Crippen molar-refractivity contribution in [1.82, 2.24) is 10.2 Å². The third-order valence-corrected chi connectivity index (χ3v) is 3.91. The lowest BCUT2D eigenvalue weighted by Gasteiger charge is -2.32. The van der Waals surface area contributed by atoms with Crippen LogP contribution in [0.5, 0.6) is 0 Å². The minimum absolute atomic E-state index is 0. The number of amides is 1. The van der Waals surface area contributed by atoms with Crippen molar-refractivity contribution in [1.29, 1.82) is 0 Å². The summed E-state index contributed by atoms with van der Waals surface area (Å²) in [5.41, 5.74) is 1.76. The second-order valence-electron chi connectivity index (χ2n) is 5.19. The first-order chi connectivity index (χ1) is 9.10. The van der Waals surface area contributed by atoms with Gasteiger partial charge in [0.2, 0.25) is 5.91 Å². The third-order valence-electron chi connectivity index (χ3n) is 3.91. The molecule has 0 radical (unpaired) electrons. The van der Waals surface area contributed by atoms with E-state index in [4.69, 9.17) is 0 Å². The quantitative estimate of drug-likeness (QED) is 0.929. The summed E-state index contributed by atoms with van der Waals surface area (Å²) in [7, 11) is 1.96. The Labute approximate surface area is 125 Å². The molecule has 1 heterocycles. The largest absolute Gasteiger partial charge is 0.342 e. The van der Waals surface area contributed by atoms with Gasteiger partial charge in [0, 0.05) is 19.1 Å². The van der Waals surface area contributed by atoms with Gasteiger partial charge in [-0.3, -0.25) is 4.79 Å². The average molecular weight is 301 g/mol. The van der Waals surface area contributed by atoms with E-state index in [9.17, 15) is 9.18 Å². The predicted molar refractivity (Wildman–Crippen MR) is 80.8 cm³/mol. The zero-order chi connectivity index (χ0) is 13.8. The molecule has 3 nitrogen and oxygen atoms in total. The first-order valence-corrected chi connectivity index (χ1v) is 6.80. The summed E-state index contributed by atoms with van der Waals surface area (Å²) >= 11 is 0. The Balaban J connectivity index is 0.00000200. The summed E-state index contributed by atoms with van der Waals surface area (Å²) in [5.74, 6) is -0.175. The van der Waals surface area contributed by atoms with Gasteiger partial charge in [0.05, 0.1) is 6.42 Å². The molecule has 1 aliphatic heterocycles. The van der Waals surface area contributed by atoms with E-state index in [2.05, 4.69) is 5.32 Å². The average Bonchev–Trinajstić information content (AvgIpc) is 2.43. The van der Waals surface area contributed by atoms with Crippen LogP contribution in [0.2, 0.25) is 0 Å². The lowest BCUT2D eigenvalue weighted by molar-refractivity contribution is -0.131. The fraction of sp³-hybridized carbons (Fsp3) is 0.533. The van der Waals surface area contributed by atoms with Crippen LogP contribution in [-0.2, 0) is 11.2 Å². The van der Waals surface area contributed by atoms with Gasteiger partial charge in [0.1, 0.15) is 5.82 Å². The Morgan fingerprint density at radius 1 is 1.40 bits per heavy atom. The first-order valence-electron chi connectivity index (χ1n) is 6.80. The Kier molecular flexibility index (Phi) is 6.43. The molecule has 5 heteroatoms. The molecule has 0 bridgehead atoms. The maximum absolute atomic E-state index is 13.2. The number of likely N-dealkylation sites (tertiary alicyclic amines) is 1. The maximum Gasteiger partial charge on any atom is 0.227 e. The summed E-state index contributed by atoms with van der Waals surface area (Å²) in [6, 6.07) is 5.14. The van der Waals surface area contributed by atoms with Crippen LogP contribution in [-0.4, -0.2) is 37.0 Å². The van der Waals surface area contributed by atoms with Gasteiger partial charge in [-0.25, -0.2) is 4.39 Å². The second kappa shape index (κ2) is 7.60. The van der Waals surface area contributed by atoms with Crippen molar-refractivity contribution < 1.29 is 9.18 Å². The number of rotatable bonds is 3. The maximum atomic E-state index is 13.2. The van der Waals surface area contributed by atoms with Gasteiger partial charge in [0.25, 0.3) is 0 Å². The molecule has 0 saturated carbocycles. The highest BCUT2D eigenvalue weighted by Crippen LogP contribution is 2.15. The zero-order valence-corrected chi connectivity index (χ0v) is 12.8. The Morgan fingerprint density at radius 2 is 2.05 bits per heavy atom. The van der Waals surface area contributed by atoms with Crippen LogP contribution in [0, 0.1) is 12.7 Å². The molecule has 1 aromatic rings. The topological polar surface area (TPSA) is 32.3 Å². The van der Waals surface area contributed by atoms with Crippen LogP contribution >= 0.6 is 12.4 Å². The second-order valence-corrected chi connectivity index (χ2v) is 5.19. The van der Waals surface area contributed by atoms with E-state index in [1.807, 2.05) is 18.9 Å². The van der Waals surface area contributed by atoms with Crippen molar-refractivity contribution in [3.63, 3.8) is 0 Å². The van der Waals surface area contributed by atoms with Gasteiger partial charge < -0.3 is 10.2 Å². The number of aryl methyl sites for hydroxylation is 1. The lowest BCUT2D eigenvalue weighted by Crippen LogP contribution is -2.44. The zero-order valence-electron chi connectivity index (χ0n) is 12.0. The number of piperidine rings is 1. The van der Waals surface area contributed by atoms with Crippen LogP contribution in [0.15, 0.2) is 18.2 Å². The number of carbonyl (C=O) groups is 1. The van der Waals surface area contributed by atoms with Crippen molar-refractivity contribution in [3.8, 4) is 0 Å². The number of nitrogens with one attached hydrogen (secondary N) is 1. The summed E-state index contributed by atoms with van der Waals surface area (Å²) in [6.45, 7) is 3.49. The molecule has 1 N–H and O–H groups in total. The molecular weight excluding hydrogens is 279 g/mol. The standard InChI is InChI=1S/C15H21FN2O.ClH/c1-11-3-4-13(16)9-12(11)10-15(19)18-7-5-14(17-2)6-8-18;/h3-4,9,14,17H,5-8,10H2,1-2H3;1H. The fourth-order valence-corrected chi connectivity index (χ4v) is 2.52. The fourth-order valence-electron chi connectivity index (χ4n) is 2.52. The molecule has 0 aromatic heterocycles. The molecule has 1 fully saturated rings. The van der Waals surface area contributed by atoms with E-state index in [1.165, 1.54) is 12.1 Å². The van der Waals surface area contributed by atoms with Gasteiger partial charge in [-0.2, -0.15) is 0 Å². The molecular formula is C15H22ClFN2O. The molecule has 1 amide bonds. The third kappa shape index (κ3) is 4.18. The summed E-state index contributed by atoms with van der Waals surface area (Å²) < 4.78 is 13.2. The van der Waals surface area contributed by atoms with Gasteiger partial charge in [-0.05, 0) is 50.1 Å². The van der Waals surface area contributed by atoms with Crippen molar-refractivity contribution in [2.75, 3.05) is 20.1 Å². The number of hydrogen-bond acceptors (Lipinski definition) is 2. The monoisotopic (exact) mass is 300 g/mol. The van der Waals surface area contributed by atoms with E-state index in [0.29, 0.717) is 12.5 Å². The van der Waals surface area contributed by atoms with Crippen molar-refractivity contribution in [3.05, 3.63) is 35.1 Å². The molecule has 0 atom stereocenters. The van der Waals surface area contributed by atoms with Crippen molar-refractivity contribution in [2.24, 2.45) is 0 Å². The van der Waals surface area contributed by atoms with Crippen molar-refractivity contribution in [2.45, 2.75) is 32.2 Å². The minimum atomic E-state index is -0.276. The van der Waals surface area contributed by atoms with Gasteiger partial charge in [0.15, 0.2) is 0 Å². The van der Waals surface area contributed by atoms with Gasteiger partial charge in [-0.15, -0.1) is 12.4 Å². The molecule has 1 saturated heterocycles.